The van der Waals surface area contributed by atoms with E-state index in [0.29, 0.717) is 5.56 Å². The monoisotopic (exact) mass is 306 g/mol. The Kier molecular flexibility index (Phi) is 3.95. The molecular weight excluding hydrogens is 292 g/mol. The molecule has 0 heterocycles. The normalized spacial score (nSPS) is 11.1. The lowest BCUT2D eigenvalue weighted by molar-refractivity contribution is -0.383. The van der Waals surface area contributed by atoms with Gasteiger partial charge in [-0.25, -0.2) is 8.42 Å². The molecular formula is C14H14N2O4S. The average Bonchev–Trinajstić information content (AvgIpc) is 2.41. The van der Waals surface area contributed by atoms with Gasteiger partial charge in [-0.2, -0.15) is 0 Å². The Labute approximate surface area is 122 Å². The van der Waals surface area contributed by atoms with Crippen LogP contribution in [0.5, 0.6) is 0 Å². The van der Waals surface area contributed by atoms with Crippen molar-refractivity contribution in [3.63, 3.8) is 0 Å². The molecule has 0 bridgehead atoms. The first-order valence-electron chi connectivity index (χ1n) is 6.14. The first-order chi connectivity index (χ1) is 9.79. The van der Waals surface area contributed by atoms with Gasteiger partial charge >= 0.3 is 0 Å². The van der Waals surface area contributed by atoms with Crippen molar-refractivity contribution in [1.82, 2.24) is 0 Å². The number of nitrogens with zero attached hydrogens (tertiary/aromatic N) is 1. The van der Waals surface area contributed by atoms with Crippen LogP contribution in [0.3, 0.4) is 0 Å². The molecule has 0 amide bonds. The highest BCUT2D eigenvalue weighted by atomic mass is 32.2. The summed E-state index contributed by atoms with van der Waals surface area (Å²) in [5.74, 6) is 0. The van der Waals surface area contributed by atoms with Gasteiger partial charge in [0.05, 0.1) is 9.82 Å². The fraction of sp³-hybridized carbons (Fsp3) is 0.143. The molecule has 6 nitrogen and oxygen atoms in total. The van der Waals surface area contributed by atoms with Crippen molar-refractivity contribution in [3.8, 4) is 0 Å². The van der Waals surface area contributed by atoms with E-state index < -0.39 is 14.9 Å². The van der Waals surface area contributed by atoms with E-state index in [1.165, 1.54) is 24.3 Å². The third-order valence-corrected chi connectivity index (χ3v) is 4.31. The van der Waals surface area contributed by atoms with Gasteiger partial charge in [0.25, 0.3) is 15.7 Å². The lowest BCUT2D eigenvalue weighted by atomic mass is 10.2. The molecule has 0 aliphatic heterocycles. The number of nitrogens with one attached hydrogen (secondary N) is 1. The lowest BCUT2D eigenvalue weighted by Crippen LogP contribution is -2.14. The van der Waals surface area contributed by atoms with Gasteiger partial charge in [0.1, 0.15) is 5.69 Å². The molecule has 1 N–H and O–H groups in total. The Hall–Kier alpha value is -2.41. The summed E-state index contributed by atoms with van der Waals surface area (Å²) in [4.78, 5) is 10.5. The third kappa shape index (κ3) is 3.38. The van der Waals surface area contributed by atoms with Crippen LogP contribution in [0, 0.1) is 24.0 Å². The number of hydrogen-bond acceptors (Lipinski definition) is 4. The molecule has 110 valence electrons. The summed E-state index contributed by atoms with van der Waals surface area (Å²) in [7, 11) is -3.85. The number of aryl methyl sites for hydroxylation is 2. The van der Waals surface area contributed by atoms with Crippen molar-refractivity contribution in [1.29, 1.82) is 0 Å². The van der Waals surface area contributed by atoms with Crippen LogP contribution in [0.2, 0.25) is 0 Å². The molecule has 0 fully saturated rings. The van der Waals surface area contributed by atoms with Gasteiger partial charge in [-0.3, -0.25) is 14.8 Å². The molecule has 0 aromatic heterocycles. The van der Waals surface area contributed by atoms with Crippen LogP contribution in [0.15, 0.2) is 47.4 Å². The van der Waals surface area contributed by atoms with E-state index in [2.05, 4.69) is 4.72 Å². The predicted octanol–water partition coefficient (Wildman–Crippen LogP) is 3.01. The number of hydrogen-bond donors (Lipinski definition) is 1. The maximum absolute atomic E-state index is 12.2. The number of nitro benzene ring substituents is 1. The van der Waals surface area contributed by atoms with E-state index in [-0.39, 0.29) is 16.3 Å². The maximum Gasteiger partial charge on any atom is 0.293 e. The Morgan fingerprint density at radius 1 is 1.00 bits per heavy atom. The molecule has 2 aromatic carbocycles. The van der Waals surface area contributed by atoms with Crippen molar-refractivity contribution < 1.29 is 13.3 Å². The van der Waals surface area contributed by atoms with Crippen molar-refractivity contribution in [3.05, 3.63) is 63.7 Å². The lowest BCUT2D eigenvalue weighted by Gasteiger charge is -2.09. The third-order valence-electron chi connectivity index (χ3n) is 2.93. The van der Waals surface area contributed by atoms with E-state index in [9.17, 15) is 18.5 Å². The maximum atomic E-state index is 12.2. The highest BCUT2D eigenvalue weighted by Crippen LogP contribution is 2.27. The van der Waals surface area contributed by atoms with Crippen molar-refractivity contribution in [2.75, 3.05) is 4.72 Å². The van der Waals surface area contributed by atoms with E-state index in [1.54, 1.807) is 25.1 Å². The van der Waals surface area contributed by atoms with Gasteiger partial charge < -0.3 is 0 Å². The van der Waals surface area contributed by atoms with Crippen LogP contribution in [-0.2, 0) is 10.0 Å². The second kappa shape index (κ2) is 5.53. The minimum atomic E-state index is -3.85. The zero-order valence-electron chi connectivity index (χ0n) is 11.5. The van der Waals surface area contributed by atoms with Crippen LogP contribution < -0.4 is 4.72 Å². The van der Waals surface area contributed by atoms with E-state index in [4.69, 9.17) is 0 Å². The SMILES string of the molecule is Cc1ccc(S(=O)(=O)Nc2ccc(C)cc2[N+](=O)[O-])cc1. The number of anilines is 1. The van der Waals surface area contributed by atoms with Gasteiger partial charge in [-0.15, -0.1) is 0 Å². The fourth-order valence-corrected chi connectivity index (χ4v) is 2.87. The average molecular weight is 306 g/mol. The molecule has 2 rings (SSSR count). The molecule has 0 saturated carbocycles. The predicted molar refractivity (Wildman–Crippen MR) is 79.8 cm³/mol. The summed E-state index contributed by atoms with van der Waals surface area (Å²) >= 11 is 0. The standard InChI is InChI=1S/C14H14N2O4S/c1-10-3-6-12(7-4-10)21(19,20)15-13-8-5-11(2)9-14(13)16(17)18/h3-9,15H,1-2H3. The summed E-state index contributed by atoms with van der Waals surface area (Å²) in [5, 5.41) is 11.0. The zero-order valence-corrected chi connectivity index (χ0v) is 12.3. The Morgan fingerprint density at radius 3 is 2.14 bits per heavy atom. The van der Waals surface area contributed by atoms with Crippen LogP contribution >= 0.6 is 0 Å². The van der Waals surface area contributed by atoms with Gasteiger partial charge in [0.2, 0.25) is 0 Å². The Balaban J connectivity index is 2.41. The molecule has 0 spiro atoms. The number of benzene rings is 2. The molecule has 0 aliphatic rings. The van der Waals surface area contributed by atoms with Crippen molar-refractivity contribution in [2.24, 2.45) is 0 Å². The van der Waals surface area contributed by atoms with E-state index in [0.717, 1.165) is 5.56 Å². The van der Waals surface area contributed by atoms with Crippen molar-refractivity contribution in [2.45, 2.75) is 18.7 Å². The van der Waals surface area contributed by atoms with Gasteiger partial charge in [0.15, 0.2) is 0 Å². The Morgan fingerprint density at radius 2 is 1.57 bits per heavy atom. The summed E-state index contributed by atoms with van der Waals surface area (Å²) < 4.78 is 26.7. The van der Waals surface area contributed by atoms with Crippen LogP contribution in [-0.4, -0.2) is 13.3 Å². The molecule has 7 heteroatoms. The fourth-order valence-electron chi connectivity index (χ4n) is 1.80. The smallest absolute Gasteiger partial charge is 0.273 e. The largest absolute Gasteiger partial charge is 0.293 e. The number of nitro groups is 1. The van der Waals surface area contributed by atoms with Crippen LogP contribution in [0.4, 0.5) is 11.4 Å². The number of sulfonamides is 1. The minimum Gasteiger partial charge on any atom is -0.273 e. The highest BCUT2D eigenvalue weighted by molar-refractivity contribution is 7.92. The Bertz CT molecular complexity index is 783. The topological polar surface area (TPSA) is 89.3 Å². The van der Waals surface area contributed by atoms with Crippen LogP contribution in [0.1, 0.15) is 11.1 Å². The van der Waals surface area contributed by atoms with Gasteiger partial charge in [-0.1, -0.05) is 23.8 Å². The summed E-state index contributed by atoms with van der Waals surface area (Å²) in [6, 6.07) is 10.6. The second-order valence-corrected chi connectivity index (χ2v) is 6.38. The molecule has 0 radical (unpaired) electrons. The van der Waals surface area contributed by atoms with Crippen molar-refractivity contribution >= 4 is 21.4 Å². The minimum absolute atomic E-state index is 0.0498. The molecule has 0 aliphatic carbocycles. The first kappa shape index (κ1) is 15.0. The van der Waals surface area contributed by atoms with Gasteiger partial charge in [0, 0.05) is 6.07 Å². The number of rotatable bonds is 4. The molecule has 0 saturated heterocycles. The van der Waals surface area contributed by atoms with Crippen LogP contribution in [0.25, 0.3) is 0 Å². The summed E-state index contributed by atoms with van der Waals surface area (Å²) in [6.45, 7) is 3.54. The molecule has 0 atom stereocenters. The zero-order chi connectivity index (χ0) is 15.6. The highest BCUT2D eigenvalue weighted by Gasteiger charge is 2.20. The molecule has 2 aromatic rings. The second-order valence-electron chi connectivity index (χ2n) is 4.70. The van der Waals surface area contributed by atoms with E-state index in [1.807, 2.05) is 6.92 Å². The molecule has 0 unspecified atom stereocenters. The molecule has 21 heavy (non-hydrogen) atoms. The van der Waals surface area contributed by atoms with E-state index >= 15 is 0 Å². The summed E-state index contributed by atoms with van der Waals surface area (Å²) in [6.07, 6.45) is 0. The quantitative estimate of drug-likeness (QED) is 0.694. The summed E-state index contributed by atoms with van der Waals surface area (Å²) in [5.41, 5.74) is 1.28. The van der Waals surface area contributed by atoms with Gasteiger partial charge in [-0.05, 0) is 37.6 Å². The first-order valence-corrected chi connectivity index (χ1v) is 7.62.